The summed E-state index contributed by atoms with van der Waals surface area (Å²) in [4.78, 5) is 24.6. The number of ether oxygens (including phenoxy) is 1. The Morgan fingerprint density at radius 2 is 1.96 bits per heavy atom. The molecule has 0 fully saturated rings. The summed E-state index contributed by atoms with van der Waals surface area (Å²) < 4.78 is 4.66. The summed E-state index contributed by atoms with van der Waals surface area (Å²) in [6.07, 6.45) is 0. The van der Waals surface area contributed by atoms with Gasteiger partial charge in [-0.2, -0.15) is 10.5 Å². The van der Waals surface area contributed by atoms with Crippen LogP contribution in [0.3, 0.4) is 0 Å². The number of phenolic OH excluding ortho intramolecular Hbond substituents is 1. The molecule has 0 unspecified atom stereocenters. The molecule has 0 spiro atoms. The molecule has 0 radical (unpaired) electrons. The predicted molar refractivity (Wildman–Crippen MR) is 88.9 cm³/mol. The van der Waals surface area contributed by atoms with Gasteiger partial charge in [-0.05, 0) is 15.9 Å². The summed E-state index contributed by atoms with van der Waals surface area (Å²) in [6, 6.07) is 4.28. The fourth-order valence-electron chi connectivity index (χ4n) is 2.22. The van der Waals surface area contributed by atoms with Crippen LogP contribution in [0.1, 0.15) is 11.1 Å². The lowest BCUT2D eigenvalue weighted by molar-refractivity contribution is -0.385. The number of nitrogens with one attached hydrogen (secondary N) is 1. The molecule has 0 saturated heterocycles. The van der Waals surface area contributed by atoms with Crippen molar-refractivity contribution in [3.8, 4) is 34.8 Å². The van der Waals surface area contributed by atoms with Crippen molar-refractivity contribution in [2.24, 2.45) is 0 Å². The van der Waals surface area contributed by atoms with E-state index >= 15 is 0 Å². The molecule has 0 aliphatic rings. The molecule has 0 aliphatic heterocycles. The summed E-state index contributed by atoms with van der Waals surface area (Å²) >= 11 is 2.98. The number of hydrogen-bond donors (Lipinski definition) is 3. The van der Waals surface area contributed by atoms with Gasteiger partial charge < -0.3 is 20.6 Å². The van der Waals surface area contributed by atoms with Gasteiger partial charge in [0.2, 0.25) is 0 Å². The molecule has 4 N–H and O–H groups in total. The van der Waals surface area contributed by atoms with E-state index in [0.29, 0.717) is 0 Å². The number of benzene rings is 1. The highest BCUT2D eigenvalue weighted by Crippen LogP contribution is 2.48. The van der Waals surface area contributed by atoms with Crippen molar-refractivity contribution in [3.05, 3.63) is 42.1 Å². The number of pyridine rings is 1. The number of phenols is 1. The maximum absolute atomic E-state index is 12.0. The summed E-state index contributed by atoms with van der Waals surface area (Å²) in [6.45, 7) is 0. The van der Waals surface area contributed by atoms with Gasteiger partial charge in [0.1, 0.15) is 33.6 Å². The highest BCUT2D eigenvalue weighted by molar-refractivity contribution is 9.10. The van der Waals surface area contributed by atoms with Gasteiger partial charge in [0.05, 0.1) is 23.7 Å². The Morgan fingerprint density at radius 1 is 1.36 bits per heavy atom. The van der Waals surface area contributed by atoms with Crippen LogP contribution in [0.15, 0.2) is 15.3 Å². The van der Waals surface area contributed by atoms with E-state index in [1.165, 1.54) is 7.11 Å². The highest BCUT2D eigenvalue weighted by atomic mass is 79.9. The number of hydrogen-bond acceptors (Lipinski definition) is 8. The van der Waals surface area contributed by atoms with Crippen molar-refractivity contribution in [2.45, 2.75) is 0 Å². The van der Waals surface area contributed by atoms with E-state index in [9.17, 15) is 30.5 Å². The number of halogens is 1. The van der Waals surface area contributed by atoms with Gasteiger partial charge in [0, 0.05) is 5.56 Å². The van der Waals surface area contributed by atoms with Crippen LogP contribution >= 0.6 is 15.9 Å². The number of nitrogen functional groups attached to an aromatic ring is 1. The Labute approximate surface area is 148 Å². The predicted octanol–water partition coefficient (Wildman–Crippen LogP) is 1.75. The normalized spacial score (nSPS) is 9.92. The highest BCUT2D eigenvalue weighted by Gasteiger charge is 2.29. The number of H-pyrrole nitrogens is 1. The molecule has 0 amide bonds. The molecule has 0 atom stereocenters. The molecule has 1 aromatic carbocycles. The first kappa shape index (κ1) is 17.8. The molecule has 0 saturated carbocycles. The Hall–Kier alpha value is -3.57. The topological polar surface area (TPSA) is 179 Å². The molecule has 126 valence electrons. The van der Waals surface area contributed by atoms with Crippen LogP contribution in [0.2, 0.25) is 0 Å². The Kier molecular flexibility index (Phi) is 4.63. The second-order valence-electron chi connectivity index (χ2n) is 4.61. The van der Waals surface area contributed by atoms with Gasteiger partial charge >= 0.3 is 0 Å². The van der Waals surface area contributed by atoms with Crippen LogP contribution in [0.5, 0.6) is 11.5 Å². The smallest absolute Gasteiger partial charge is 0.288 e. The third-order valence-electron chi connectivity index (χ3n) is 3.32. The average molecular weight is 406 g/mol. The van der Waals surface area contributed by atoms with Crippen molar-refractivity contribution in [3.63, 3.8) is 0 Å². The molecule has 10 nitrogen and oxygen atoms in total. The third-order valence-corrected chi connectivity index (χ3v) is 4.12. The molecule has 25 heavy (non-hydrogen) atoms. The Bertz CT molecular complexity index is 1050. The maximum Gasteiger partial charge on any atom is 0.288 e. The van der Waals surface area contributed by atoms with E-state index in [2.05, 4.69) is 20.9 Å². The molecule has 11 heteroatoms. The average Bonchev–Trinajstić information content (AvgIpc) is 2.55. The molecule has 1 aromatic heterocycles. The number of aromatic nitrogens is 1. The lowest BCUT2D eigenvalue weighted by Gasteiger charge is -2.14. The van der Waals surface area contributed by atoms with Crippen LogP contribution in [0.4, 0.5) is 11.5 Å². The molecule has 2 rings (SSSR count). The number of nitrogens with zero attached hydrogens (tertiary/aromatic N) is 3. The van der Waals surface area contributed by atoms with E-state index < -0.39 is 27.5 Å². The molecular weight excluding hydrogens is 398 g/mol. The quantitative estimate of drug-likeness (QED) is 0.509. The third kappa shape index (κ3) is 2.73. The maximum atomic E-state index is 12.0. The SMILES string of the molecule is COc1cc([N+](=O)[O-])c(Br)c(-c2c(C#N)c(N)[nH]c(=O)c2C#N)c1O. The second-order valence-corrected chi connectivity index (χ2v) is 5.40. The Balaban J connectivity index is 3.16. The molecule has 0 bridgehead atoms. The van der Waals surface area contributed by atoms with E-state index in [-0.39, 0.29) is 32.7 Å². The summed E-state index contributed by atoms with van der Waals surface area (Å²) in [5.74, 6) is -1.23. The number of nitrogens with two attached hydrogens (primary N) is 1. The number of nitro groups is 1. The number of rotatable bonds is 3. The number of aromatic hydroxyl groups is 1. The first-order chi connectivity index (χ1) is 11.8. The van der Waals surface area contributed by atoms with Gasteiger partial charge in [-0.25, -0.2) is 0 Å². The standard InChI is InChI=1S/C14H8BrN5O5/c1-25-8-2-7(20(23)24)11(15)10(12(8)21)9-5(3-16)13(18)19-14(22)6(9)4-17/h2,21H,1H3,(H3,18,19,22). The number of aromatic amines is 1. The fraction of sp³-hybridized carbons (Fsp3) is 0.0714. The second kappa shape index (κ2) is 6.51. The van der Waals surface area contributed by atoms with Crippen LogP contribution in [-0.2, 0) is 0 Å². The zero-order valence-electron chi connectivity index (χ0n) is 12.5. The zero-order valence-corrected chi connectivity index (χ0v) is 14.0. The number of methoxy groups -OCH3 is 1. The van der Waals surface area contributed by atoms with E-state index in [1.54, 1.807) is 12.1 Å². The molecule has 2 aromatic rings. The summed E-state index contributed by atoms with van der Waals surface area (Å²) in [5.41, 5.74) is 2.68. The molecule has 1 heterocycles. The minimum absolute atomic E-state index is 0.242. The van der Waals surface area contributed by atoms with Gasteiger partial charge in [0.15, 0.2) is 11.5 Å². The fourth-order valence-corrected chi connectivity index (χ4v) is 2.87. The summed E-state index contributed by atoms with van der Waals surface area (Å²) in [7, 11) is 1.17. The number of nitriles is 2. The van der Waals surface area contributed by atoms with Crippen LogP contribution in [0, 0.1) is 32.8 Å². The van der Waals surface area contributed by atoms with E-state index in [0.717, 1.165) is 6.07 Å². The molecule has 0 aliphatic carbocycles. The summed E-state index contributed by atoms with van der Waals surface area (Å²) in [5, 5.41) is 40.3. The molecular formula is C14H8BrN5O5. The van der Waals surface area contributed by atoms with Crippen LogP contribution in [0.25, 0.3) is 11.1 Å². The minimum Gasteiger partial charge on any atom is -0.504 e. The zero-order chi connectivity index (χ0) is 18.9. The van der Waals surface area contributed by atoms with Gasteiger partial charge in [-0.15, -0.1) is 0 Å². The van der Waals surface area contributed by atoms with E-state index in [4.69, 9.17) is 10.5 Å². The monoisotopic (exact) mass is 405 g/mol. The van der Waals surface area contributed by atoms with Crippen molar-refractivity contribution in [1.29, 1.82) is 10.5 Å². The van der Waals surface area contributed by atoms with Crippen LogP contribution < -0.4 is 16.0 Å². The van der Waals surface area contributed by atoms with Gasteiger partial charge in [-0.3, -0.25) is 14.9 Å². The van der Waals surface area contributed by atoms with Crippen molar-refractivity contribution >= 4 is 27.4 Å². The van der Waals surface area contributed by atoms with Gasteiger partial charge in [0.25, 0.3) is 11.2 Å². The van der Waals surface area contributed by atoms with Crippen molar-refractivity contribution < 1.29 is 14.8 Å². The minimum atomic E-state index is -0.911. The lowest BCUT2D eigenvalue weighted by atomic mass is 9.95. The first-order valence-corrected chi connectivity index (χ1v) is 7.17. The Morgan fingerprint density at radius 3 is 2.44 bits per heavy atom. The lowest BCUT2D eigenvalue weighted by Crippen LogP contribution is -2.16. The van der Waals surface area contributed by atoms with Crippen molar-refractivity contribution in [1.82, 2.24) is 4.98 Å². The van der Waals surface area contributed by atoms with Crippen LogP contribution in [-0.4, -0.2) is 22.1 Å². The largest absolute Gasteiger partial charge is 0.504 e. The number of anilines is 1. The van der Waals surface area contributed by atoms with E-state index in [1.807, 2.05) is 0 Å². The first-order valence-electron chi connectivity index (χ1n) is 6.38. The van der Waals surface area contributed by atoms with Gasteiger partial charge in [-0.1, -0.05) is 0 Å². The van der Waals surface area contributed by atoms with Crippen molar-refractivity contribution in [2.75, 3.05) is 12.8 Å². The number of nitro benzene ring substituents is 1.